The van der Waals surface area contributed by atoms with Crippen molar-refractivity contribution in [3.63, 3.8) is 0 Å². The van der Waals surface area contributed by atoms with Crippen molar-refractivity contribution in [1.82, 2.24) is 0 Å². The lowest BCUT2D eigenvalue weighted by Gasteiger charge is -2.36. The van der Waals surface area contributed by atoms with Gasteiger partial charge >= 0.3 is 5.97 Å². The van der Waals surface area contributed by atoms with Crippen molar-refractivity contribution in [2.45, 2.75) is 62.9 Å². The lowest BCUT2D eigenvalue weighted by Crippen LogP contribution is -2.38. The predicted octanol–water partition coefficient (Wildman–Crippen LogP) is 4.67. The molecule has 21 heavy (non-hydrogen) atoms. The van der Waals surface area contributed by atoms with Crippen LogP contribution in [-0.2, 0) is 10.2 Å². The minimum absolute atomic E-state index is 0.263. The third kappa shape index (κ3) is 2.83. The molecule has 1 aromatic carbocycles. The smallest absolute Gasteiger partial charge is 0.314 e. The molecule has 0 bridgehead atoms. The topological polar surface area (TPSA) is 46.5 Å². The summed E-state index contributed by atoms with van der Waals surface area (Å²) >= 11 is 3.49. The molecule has 0 saturated heterocycles. The highest BCUT2D eigenvalue weighted by atomic mass is 79.9. The van der Waals surface area contributed by atoms with E-state index >= 15 is 0 Å². The molecule has 2 aliphatic rings. The van der Waals surface area contributed by atoms with Crippen molar-refractivity contribution in [3.8, 4) is 5.75 Å². The second-order valence-electron chi connectivity index (χ2n) is 6.26. The van der Waals surface area contributed by atoms with Gasteiger partial charge in [-0.05, 0) is 50.3 Å². The Bertz CT molecular complexity index is 531. The Morgan fingerprint density at radius 1 is 1.19 bits per heavy atom. The van der Waals surface area contributed by atoms with Gasteiger partial charge in [-0.25, -0.2) is 0 Å². The van der Waals surface area contributed by atoms with Crippen molar-refractivity contribution >= 4 is 21.9 Å². The maximum Gasteiger partial charge on any atom is 0.314 e. The van der Waals surface area contributed by atoms with E-state index in [1.165, 1.54) is 6.42 Å². The van der Waals surface area contributed by atoms with Gasteiger partial charge in [0.1, 0.15) is 5.75 Å². The van der Waals surface area contributed by atoms with Gasteiger partial charge in [-0.1, -0.05) is 35.2 Å². The van der Waals surface area contributed by atoms with Gasteiger partial charge in [-0.15, -0.1) is 0 Å². The summed E-state index contributed by atoms with van der Waals surface area (Å²) in [4.78, 5) is 12.0. The number of halogens is 1. The zero-order valence-electron chi connectivity index (χ0n) is 12.1. The van der Waals surface area contributed by atoms with Crippen LogP contribution in [0.5, 0.6) is 5.75 Å². The van der Waals surface area contributed by atoms with Crippen LogP contribution in [0.15, 0.2) is 22.7 Å². The fourth-order valence-electron chi connectivity index (χ4n) is 3.40. The molecule has 0 aliphatic heterocycles. The SMILES string of the molecule is O=C(O)C1(c2cc(Br)ccc2OC2CCC2)CCCCC1. The average molecular weight is 353 g/mol. The Labute approximate surface area is 133 Å². The van der Waals surface area contributed by atoms with Gasteiger partial charge in [-0.2, -0.15) is 0 Å². The molecule has 0 heterocycles. The molecule has 3 nitrogen and oxygen atoms in total. The van der Waals surface area contributed by atoms with Gasteiger partial charge < -0.3 is 9.84 Å². The van der Waals surface area contributed by atoms with E-state index in [1.807, 2.05) is 18.2 Å². The zero-order chi connectivity index (χ0) is 14.9. The van der Waals surface area contributed by atoms with Crippen LogP contribution in [0.25, 0.3) is 0 Å². The number of hydrogen-bond acceptors (Lipinski definition) is 2. The lowest BCUT2D eigenvalue weighted by atomic mass is 9.69. The Hall–Kier alpha value is -1.03. The third-order valence-electron chi connectivity index (χ3n) is 4.92. The summed E-state index contributed by atoms with van der Waals surface area (Å²) < 4.78 is 7.00. The van der Waals surface area contributed by atoms with E-state index in [4.69, 9.17) is 4.74 Å². The van der Waals surface area contributed by atoms with Crippen LogP contribution < -0.4 is 4.74 Å². The van der Waals surface area contributed by atoms with Gasteiger partial charge in [0.15, 0.2) is 0 Å². The molecule has 0 atom stereocenters. The Morgan fingerprint density at radius 3 is 2.48 bits per heavy atom. The molecule has 1 aromatic rings. The maximum atomic E-state index is 12.0. The van der Waals surface area contributed by atoms with Crippen molar-refractivity contribution in [3.05, 3.63) is 28.2 Å². The molecular weight excluding hydrogens is 332 g/mol. The minimum atomic E-state index is -0.777. The largest absolute Gasteiger partial charge is 0.490 e. The predicted molar refractivity (Wildman–Crippen MR) is 84.8 cm³/mol. The van der Waals surface area contributed by atoms with E-state index in [0.717, 1.165) is 47.9 Å². The first-order valence-electron chi connectivity index (χ1n) is 7.82. The maximum absolute atomic E-state index is 12.0. The Kier molecular flexibility index (Phi) is 4.25. The van der Waals surface area contributed by atoms with Gasteiger partial charge in [0.05, 0.1) is 11.5 Å². The van der Waals surface area contributed by atoms with E-state index in [-0.39, 0.29) is 6.10 Å². The highest BCUT2D eigenvalue weighted by Crippen LogP contribution is 2.45. The number of carboxylic acid groups (broad SMARTS) is 1. The summed E-state index contributed by atoms with van der Waals surface area (Å²) in [5.41, 5.74) is 0.0807. The normalized spacial score (nSPS) is 21.6. The molecule has 2 aliphatic carbocycles. The molecule has 2 saturated carbocycles. The number of rotatable bonds is 4. The van der Waals surface area contributed by atoms with Crippen molar-refractivity contribution in [2.24, 2.45) is 0 Å². The lowest BCUT2D eigenvalue weighted by molar-refractivity contribution is -0.145. The number of aliphatic carboxylic acids is 1. The summed E-state index contributed by atoms with van der Waals surface area (Å²) in [5.74, 6) is 0.0611. The number of hydrogen-bond donors (Lipinski definition) is 1. The van der Waals surface area contributed by atoms with E-state index < -0.39 is 11.4 Å². The van der Waals surface area contributed by atoms with Gasteiger partial charge in [-0.3, -0.25) is 4.79 Å². The molecular formula is C17H21BrO3. The monoisotopic (exact) mass is 352 g/mol. The summed E-state index contributed by atoms with van der Waals surface area (Å²) in [6, 6.07) is 5.82. The Balaban J connectivity index is 2.00. The van der Waals surface area contributed by atoms with Crippen LogP contribution in [-0.4, -0.2) is 17.2 Å². The first-order chi connectivity index (χ1) is 10.1. The van der Waals surface area contributed by atoms with E-state index in [0.29, 0.717) is 12.8 Å². The minimum Gasteiger partial charge on any atom is -0.490 e. The van der Waals surface area contributed by atoms with Crippen molar-refractivity contribution < 1.29 is 14.6 Å². The van der Waals surface area contributed by atoms with E-state index in [1.54, 1.807) is 0 Å². The second-order valence-corrected chi connectivity index (χ2v) is 7.17. The first-order valence-corrected chi connectivity index (χ1v) is 8.61. The summed E-state index contributed by atoms with van der Waals surface area (Å²) in [6.07, 6.45) is 8.12. The molecule has 114 valence electrons. The molecule has 0 radical (unpaired) electrons. The van der Waals surface area contributed by atoms with Crippen LogP contribution >= 0.6 is 15.9 Å². The van der Waals surface area contributed by atoms with Crippen LogP contribution in [0.2, 0.25) is 0 Å². The van der Waals surface area contributed by atoms with Gasteiger partial charge in [0, 0.05) is 10.0 Å². The van der Waals surface area contributed by atoms with Crippen molar-refractivity contribution in [1.29, 1.82) is 0 Å². The second kappa shape index (κ2) is 5.99. The fourth-order valence-corrected chi connectivity index (χ4v) is 3.76. The fraction of sp³-hybridized carbons (Fsp3) is 0.588. The van der Waals surface area contributed by atoms with Crippen molar-refractivity contribution in [2.75, 3.05) is 0 Å². The summed E-state index contributed by atoms with van der Waals surface area (Å²) in [5, 5.41) is 9.89. The van der Waals surface area contributed by atoms with Gasteiger partial charge in [0.2, 0.25) is 0 Å². The standard InChI is InChI=1S/C17H21BrO3/c18-12-7-8-15(21-13-5-4-6-13)14(11-12)17(16(19)20)9-2-1-3-10-17/h7-8,11,13H,1-6,9-10H2,(H,19,20). The zero-order valence-corrected chi connectivity index (χ0v) is 13.7. The number of ether oxygens (including phenoxy) is 1. The number of carbonyl (C=O) groups is 1. The molecule has 0 unspecified atom stereocenters. The summed E-state index contributed by atoms with van der Waals surface area (Å²) in [6.45, 7) is 0. The van der Waals surface area contributed by atoms with Crippen LogP contribution in [0.1, 0.15) is 56.9 Å². The highest BCUT2D eigenvalue weighted by Gasteiger charge is 2.43. The molecule has 0 aromatic heterocycles. The molecule has 0 amide bonds. The quantitative estimate of drug-likeness (QED) is 0.856. The molecule has 1 N–H and O–H groups in total. The van der Waals surface area contributed by atoms with Crippen LogP contribution in [0.4, 0.5) is 0 Å². The van der Waals surface area contributed by atoms with Crippen LogP contribution in [0.3, 0.4) is 0 Å². The third-order valence-corrected chi connectivity index (χ3v) is 5.41. The van der Waals surface area contributed by atoms with E-state index in [9.17, 15) is 9.90 Å². The average Bonchev–Trinajstić information content (AvgIpc) is 2.44. The van der Waals surface area contributed by atoms with E-state index in [2.05, 4.69) is 15.9 Å². The summed E-state index contributed by atoms with van der Waals surface area (Å²) in [7, 11) is 0. The molecule has 0 spiro atoms. The molecule has 2 fully saturated rings. The Morgan fingerprint density at radius 2 is 1.90 bits per heavy atom. The first kappa shape index (κ1) is 14.9. The molecule has 4 heteroatoms. The number of carboxylic acids is 1. The van der Waals surface area contributed by atoms with Crippen LogP contribution in [0, 0.1) is 0 Å². The number of benzene rings is 1. The van der Waals surface area contributed by atoms with Gasteiger partial charge in [0.25, 0.3) is 0 Å². The molecule has 3 rings (SSSR count). The highest BCUT2D eigenvalue weighted by molar-refractivity contribution is 9.10.